The van der Waals surface area contributed by atoms with Gasteiger partial charge in [0.25, 0.3) is 0 Å². The van der Waals surface area contributed by atoms with Gasteiger partial charge in [-0.25, -0.2) is 9.40 Å². The first-order valence-electron chi connectivity index (χ1n) is 7.29. The zero-order valence-corrected chi connectivity index (χ0v) is 12.8. The molecule has 0 bridgehead atoms. The Morgan fingerprint density at radius 1 is 1.00 bits per heavy atom. The van der Waals surface area contributed by atoms with Crippen molar-refractivity contribution in [1.82, 2.24) is 10.0 Å². The molecule has 0 N–H and O–H groups in total. The van der Waals surface area contributed by atoms with Gasteiger partial charge in [-0.2, -0.15) is 0 Å². The largest absolute Gasteiger partial charge is 0.457 e. The van der Waals surface area contributed by atoms with Crippen LogP contribution in [-0.4, -0.2) is 23.6 Å². The highest BCUT2D eigenvalue weighted by atomic mass is 19.1. The Labute approximate surface area is 130 Å². The second kappa shape index (κ2) is 6.20. The van der Waals surface area contributed by atoms with E-state index in [1.807, 2.05) is 12.1 Å². The molecule has 4 heteroatoms. The van der Waals surface area contributed by atoms with Crippen LogP contribution in [0.4, 0.5) is 4.39 Å². The van der Waals surface area contributed by atoms with Crippen molar-refractivity contribution in [3.63, 3.8) is 0 Å². The van der Waals surface area contributed by atoms with Gasteiger partial charge < -0.3 is 9.75 Å². The maximum atomic E-state index is 12.9. The Hall–Kier alpha value is -2.33. The summed E-state index contributed by atoms with van der Waals surface area (Å²) in [5, 5.41) is 4.44. The molecule has 0 aromatic heterocycles. The lowest BCUT2D eigenvalue weighted by Gasteiger charge is -2.28. The fourth-order valence-electron chi connectivity index (χ4n) is 2.46. The first-order chi connectivity index (χ1) is 10.6. The van der Waals surface area contributed by atoms with E-state index in [2.05, 4.69) is 42.2 Å². The molecular formula is C18H19FN2O. The monoisotopic (exact) mass is 298 g/mol. The molecule has 0 aliphatic carbocycles. The fraction of sp³-hybridized carbons (Fsp3) is 0.222. The minimum Gasteiger partial charge on any atom is -0.457 e. The number of allylic oxidation sites excluding steroid dienone is 1. The van der Waals surface area contributed by atoms with E-state index < -0.39 is 0 Å². The van der Waals surface area contributed by atoms with Gasteiger partial charge in [0.05, 0.1) is 6.54 Å². The van der Waals surface area contributed by atoms with Crippen molar-refractivity contribution in [2.24, 2.45) is 0 Å². The van der Waals surface area contributed by atoms with Crippen LogP contribution in [0.1, 0.15) is 12.5 Å². The van der Waals surface area contributed by atoms with Gasteiger partial charge in [-0.15, -0.1) is 0 Å². The molecule has 1 aliphatic heterocycles. The number of ether oxygens (including phenoxy) is 1. The summed E-state index contributed by atoms with van der Waals surface area (Å²) in [5.41, 5.74) is 2.49. The highest BCUT2D eigenvalue weighted by Crippen LogP contribution is 2.23. The summed E-state index contributed by atoms with van der Waals surface area (Å²) in [7, 11) is 2.08. The van der Waals surface area contributed by atoms with Gasteiger partial charge in [0.1, 0.15) is 17.3 Å². The summed E-state index contributed by atoms with van der Waals surface area (Å²) in [5.74, 6) is 1.12. The molecule has 1 heterocycles. The molecule has 0 amide bonds. The average molecular weight is 298 g/mol. The summed E-state index contributed by atoms with van der Waals surface area (Å²) in [6.45, 7) is 3.92. The number of rotatable bonds is 4. The van der Waals surface area contributed by atoms with Crippen LogP contribution in [0.15, 0.2) is 60.3 Å². The SMILES string of the molecule is CC1=CCN(C)N1Cc1ccc(Oc2ccc(F)cc2)cc1. The van der Waals surface area contributed by atoms with Gasteiger partial charge >= 0.3 is 0 Å². The molecule has 114 valence electrons. The smallest absolute Gasteiger partial charge is 0.127 e. The molecular weight excluding hydrogens is 279 g/mol. The van der Waals surface area contributed by atoms with Crippen molar-refractivity contribution in [2.45, 2.75) is 13.5 Å². The zero-order chi connectivity index (χ0) is 15.5. The maximum Gasteiger partial charge on any atom is 0.127 e. The van der Waals surface area contributed by atoms with Gasteiger partial charge in [-0.3, -0.25) is 0 Å². The lowest BCUT2D eigenvalue weighted by Crippen LogP contribution is -2.32. The molecule has 0 fully saturated rings. The Balaban J connectivity index is 1.65. The Morgan fingerprint density at radius 3 is 2.14 bits per heavy atom. The van der Waals surface area contributed by atoms with Crippen molar-refractivity contribution in [3.8, 4) is 11.5 Å². The molecule has 0 saturated carbocycles. The third-order valence-corrected chi connectivity index (χ3v) is 3.78. The van der Waals surface area contributed by atoms with Gasteiger partial charge in [-0.1, -0.05) is 12.1 Å². The topological polar surface area (TPSA) is 15.7 Å². The number of benzene rings is 2. The maximum absolute atomic E-state index is 12.9. The number of likely N-dealkylation sites (N-methyl/N-ethyl adjacent to an activating group) is 1. The average Bonchev–Trinajstić information content (AvgIpc) is 2.83. The molecule has 1 aliphatic rings. The van der Waals surface area contributed by atoms with Crippen molar-refractivity contribution in [3.05, 3.63) is 71.7 Å². The number of nitrogens with zero attached hydrogens (tertiary/aromatic N) is 2. The summed E-state index contributed by atoms with van der Waals surface area (Å²) in [6, 6.07) is 14.0. The van der Waals surface area contributed by atoms with Crippen molar-refractivity contribution >= 4 is 0 Å². The van der Waals surface area contributed by atoms with Crippen LogP contribution in [0.2, 0.25) is 0 Å². The van der Waals surface area contributed by atoms with Crippen molar-refractivity contribution in [2.75, 3.05) is 13.6 Å². The lowest BCUT2D eigenvalue weighted by atomic mass is 10.2. The van der Waals surface area contributed by atoms with Crippen LogP contribution >= 0.6 is 0 Å². The van der Waals surface area contributed by atoms with Crippen LogP contribution in [-0.2, 0) is 6.54 Å². The summed E-state index contributed by atoms with van der Waals surface area (Å²) in [6.07, 6.45) is 2.21. The number of hydrogen-bond donors (Lipinski definition) is 0. The van der Waals surface area contributed by atoms with Gasteiger partial charge in [0.2, 0.25) is 0 Å². The normalized spacial score (nSPS) is 15.0. The molecule has 2 aromatic rings. The Bertz CT molecular complexity index is 664. The van der Waals surface area contributed by atoms with Gasteiger partial charge in [-0.05, 0) is 55.0 Å². The van der Waals surface area contributed by atoms with E-state index in [1.165, 1.54) is 23.4 Å². The van der Waals surface area contributed by atoms with E-state index in [1.54, 1.807) is 12.1 Å². The number of halogens is 1. The first kappa shape index (κ1) is 14.6. The fourth-order valence-corrected chi connectivity index (χ4v) is 2.46. The highest BCUT2D eigenvalue weighted by molar-refractivity contribution is 5.33. The van der Waals surface area contributed by atoms with Gasteiger partial charge in [0, 0.05) is 19.3 Å². The first-order valence-corrected chi connectivity index (χ1v) is 7.29. The van der Waals surface area contributed by atoms with E-state index in [0.29, 0.717) is 5.75 Å². The minimum atomic E-state index is -0.263. The highest BCUT2D eigenvalue weighted by Gasteiger charge is 2.16. The molecule has 3 rings (SSSR count). The number of hydrogen-bond acceptors (Lipinski definition) is 3. The van der Waals surface area contributed by atoms with Crippen LogP contribution in [0.3, 0.4) is 0 Å². The summed E-state index contributed by atoms with van der Waals surface area (Å²) >= 11 is 0. The van der Waals surface area contributed by atoms with Crippen molar-refractivity contribution in [1.29, 1.82) is 0 Å². The third kappa shape index (κ3) is 3.28. The lowest BCUT2D eigenvalue weighted by molar-refractivity contribution is 0.0621. The second-order valence-electron chi connectivity index (χ2n) is 5.44. The molecule has 0 saturated heterocycles. The predicted octanol–water partition coefficient (Wildman–Crippen LogP) is 4.18. The van der Waals surface area contributed by atoms with E-state index >= 15 is 0 Å². The molecule has 0 atom stereocenters. The zero-order valence-electron chi connectivity index (χ0n) is 12.8. The van der Waals surface area contributed by atoms with E-state index in [9.17, 15) is 4.39 Å². The predicted molar refractivity (Wildman–Crippen MR) is 84.8 cm³/mol. The van der Waals surface area contributed by atoms with E-state index in [0.717, 1.165) is 18.8 Å². The molecule has 0 radical (unpaired) electrons. The third-order valence-electron chi connectivity index (χ3n) is 3.78. The van der Waals surface area contributed by atoms with Crippen LogP contribution < -0.4 is 4.74 Å². The molecule has 0 spiro atoms. The Kier molecular flexibility index (Phi) is 4.11. The van der Waals surface area contributed by atoms with Crippen LogP contribution in [0.25, 0.3) is 0 Å². The molecule has 3 nitrogen and oxygen atoms in total. The van der Waals surface area contributed by atoms with Gasteiger partial charge in [0.15, 0.2) is 0 Å². The van der Waals surface area contributed by atoms with E-state index in [4.69, 9.17) is 4.74 Å². The summed E-state index contributed by atoms with van der Waals surface area (Å²) in [4.78, 5) is 0. The van der Waals surface area contributed by atoms with Crippen LogP contribution in [0, 0.1) is 5.82 Å². The number of hydrazine groups is 1. The standard InChI is InChI=1S/C18H19FN2O/c1-14-11-12-20(2)21(14)13-15-3-7-17(8-4-15)22-18-9-5-16(19)6-10-18/h3-11H,12-13H2,1-2H3. The molecule has 22 heavy (non-hydrogen) atoms. The molecule has 0 unspecified atom stereocenters. The van der Waals surface area contributed by atoms with E-state index in [-0.39, 0.29) is 5.82 Å². The second-order valence-corrected chi connectivity index (χ2v) is 5.44. The molecule has 2 aromatic carbocycles. The minimum absolute atomic E-state index is 0.263. The van der Waals surface area contributed by atoms with Crippen molar-refractivity contribution < 1.29 is 9.13 Å². The summed E-state index contributed by atoms with van der Waals surface area (Å²) < 4.78 is 18.6. The Morgan fingerprint density at radius 2 is 1.59 bits per heavy atom. The quantitative estimate of drug-likeness (QED) is 0.842. The van der Waals surface area contributed by atoms with Crippen LogP contribution in [0.5, 0.6) is 11.5 Å².